The lowest BCUT2D eigenvalue weighted by atomic mass is 10.1. The van der Waals surface area contributed by atoms with Gasteiger partial charge in [-0.25, -0.2) is 26.7 Å². The van der Waals surface area contributed by atoms with E-state index in [1.807, 2.05) is 6.92 Å². The van der Waals surface area contributed by atoms with Crippen LogP contribution in [0.4, 0.5) is 0 Å². The Balaban J connectivity index is 1.86. The fraction of sp³-hybridized carbons (Fsp3) is 0.294. The summed E-state index contributed by atoms with van der Waals surface area (Å²) in [7, 11) is -7.28. The highest BCUT2D eigenvalue weighted by Crippen LogP contribution is 2.16. The normalized spacial score (nSPS) is 12.1. The number of ether oxygens (including phenoxy) is 1. The molecule has 0 aromatic heterocycles. The van der Waals surface area contributed by atoms with E-state index in [-0.39, 0.29) is 16.3 Å². The summed E-state index contributed by atoms with van der Waals surface area (Å²) in [6.07, 6.45) is 1.18. The molecular weight excluding hydrogens is 376 g/mol. The minimum Gasteiger partial charge on any atom is -0.494 e. The van der Waals surface area contributed by atoms with Crippen LogP contribution < -0.4 is 14.6 Å². The van der Waals surface area contributed by atoms with Crippen LogP contribution in [0, 0.1) is 0 Å². The molecule has 3 N–H and O–H groups in total. The van der Waals surface area contributed by atoms with E-state index in [9.17, 15) is 16.8 Å². The predicted octanol–water partition coefficient (Wildman–Crippen LogP) is 1.64. The lowest BCUT2D eigenvalue weighted by molar-refractivity contribution is 0.340. The van der Waals surface area contributed by atoms with Crippen LogP contribution in [-0.2, 0) is 26.5 Å². The van der Waals surface area contributed by atoms with Crippen LogP contribution in [0.1, 0.15) is 18.9 Å². The van der Waals surface area contributed by atoms with Crippen molar-refractivity contribution in [3.05, 3.63) is 54.1 Å². The molecule has 0 saturated heterocycles. The number of hydrogen-bond acceptors (Lipinski definition) is 5. The maximum atomic E-state index is 12.2. The molecule has 2 aromatic carbocycles. The van der Waals surface area contributed by atoms with Gasteiger partial charge in [-0.05, 0) is 61.7 Å². The zero-order valence-electron chi connectivity index (χ0n) is 14.4. The first-order valence-corrected chi connectivity index (χ1v) is 11.1. The minimum absolute atomic E-state index is 0.0532. The molecule has 7 nitrogen and oxygen atoms in total. The van der Waals surface area contributed by atoms with Crippen LogP contribution in [0.25, 0.3) is 0 Å². The summed E-state index contributed by atoms with van der Waals surface area (Å²) in [6, 6.07) is 12.4. The molecule has 2 aromatic rings. The van der Waals surface area contributed by atoms with E-state index in [0.29, 0.717) is 25.2 Å². The van der Waals surface area contributed by atoms with Crippen LogP contribution in [0.5, 0.6) is 5.75 Å². The van der Waals surface area contributed by atoms with Crippen LogP contribution >= 0.6 is 0 Å². The average molecular weight is 399 g/mol. The highest BCUT2D eigenvalue weighted by molar-refractivity contribution is 7.89. The Hall–Kier alpha value is -1.94. The van der Waals surface area contributed by atoms with Gasteiger partial charge in [0, 0.05) is 6.54 Å². The smallest absolute Gasteiger partial charge is 0.240 e. The molecular formula is C17H22N2O5S2. The van der Waals surface area contributed by atoms with Crippen molar-refractivity contribution in [1.82, 2.24) is 4.72 Å². The minimum atomic E-state index is -3.70. The SMILES string of the molecule is CCOc1ccc(S(=O)(=O)NCCCc2ccc(S(N)(=O)=O)cc2)cc1. The van der Waals surface area contributed by atoms with Crippen LogP contribution in [0.2, 0.25) is 0 Å². The molecule has 9 heteroatoms. The molecule has 0 aliphatic heterocycles. The van der Waals surface area contributed by atoms with Crippen LogP contribution in [0.3, 0.4) is 0 Å². The fourth-order valence-corrected chi connectivity index (χ4v) is 3.90. The summed E-state index contributed by atoms with van der Waals surface area (Å²) in [5.74, 6) is 0.620. The van der Waals surface area contributed by atoms with E-state index in [0.717, 1.165) is 5.56 Å². The van der Waals surface area contributed by atoms with Gasteiger partial charge in [0.2, 0.25) is 20.0 Å². The number of sulfonamides is 2. The zero-order valence-corrected chi connectivity index (χ0v) is 16.0. The van der Waals surface area contributed by atoms with Gasteiger partial charge in [0.05, 0.1) is 16.4 Å². The second-order valence-electron chi connectivity index (χ2n) is 5.59. The summed E-state index contributed by atoms with van der Waals surface area (Å²) < 4.78 is 54.7. The first-order chi connectivity index (χ1) is 12.2. The molecule has 0 spiro atoms. The van der Waals surface area contributed by atoms with Gasteiger partial charge in [-0.2, -0.15) is 0 Å². The largest absolute Gasteiger partial charge is 0.494 e. The van der Waals surface area contributed by atoms with Gasteiger partial charge in [-0.3, -0.25) is 0 Å². The van der Waals surface area contributed by atoms with Gasteiger partial charge in [-0.15, -0.1) is 0 Å². The molecule has 0 heterocycles. The van der Waals surface area contributed by atoms with E-state index in [1.54, 1.807) is 24.3 Å². The van der Waals surface area contributed by atoms with Crippen LogP contribution in [0.15, 0.2) is 58.3 Å². The van der Waals surface area contributed by atoms with E-state index >= 15 is 0 Å². The van der Waals surface area contributed by atoms with Gasteiger partial charge in [0.25, 0.3) is 0 Å². The summed E-state index contributed by atoms with van der Waals surface area (Å²) in [5.41, 5.74) is 0.901. The lowest BCUT2D eigenvalue weighted by Crippen LogP contribution is -2.25. The standard InChI is InChI=1S/C17H22N2O5S2/c1-2-24-15-7-11-17(12-8-15)26(22,23)19-13-3-4-14-5-9-16(10-6-14)25(18,20)21/h5-12,19H,2-4,13H2,1H3,(H2,18,20,21). The molecule has 0 amide bonds. The van der Waals surface area contributed by atoms with E-state index in [1.165, 1.54) is 24.3 Å². The molecule has 26 heavy (non-hydrogen) atoms. The number of aryl methyl sites for hydroxylation is 1. The summed E-state index contributed by atoms with van der Waals surface area (Å²) in [4.78, 5) is 0.232. The number of hydrogen-bond donors (Lipinski definition) is 2. The second-order valence-corrected chi connectivity index (χ2v) is 8.92. The topological polar surface area (TPSA) is 116 Å². The Labute approximate surface area is 154 Å². The van der Waals surface area contributed by atoms with Crippen molar-refractivity contribution in [2.24, 2.45) is 5.14 Å². The number of benzene rings is 2. The quantitative estimate of drug-likeness (QED) is 0.623. The third kappa shape index (κ3) is 5.80. The van der Waals surface area contributed by atoms with Crippen LogP contribution in [-0.4, -0.2) is 30.0 Å². The van der Waals surface area contributed by atoms with Gasteiger partial charge in [-0.1, -0.05) is 12.1 Å². The van der Waals surface area contributed by atoms with Gasteiger partial charge >= 0.3 is 0 Å². The molecule has 0 unspecified atom stereocenters. The maximum absolute atomic E-state index is 12.2. The number of primary sulfonamides is 1. The Bertz CT molecular complexity index is 922. The number of nitrogens with one attached hydrogen (secondary N) is 1. The highest BCUT2D eigenvalue weighted by atomic mass is 32.2. The molecule has 0 saturated carbocycles. The van der Waals surface area contributed by atoms with Gasteiger partial charge < -0.3 is 4.74 Å². The fourth-order valence-electron chi connectivity index (χ4n) is 2.31. The van der Waals surface area contributed by atoms with Crippen molar-refractivity contribution in [1.29, 1.82) is 0 Å². The van der Waals surface area contributed by atoms with Crippen molar-refractivity contribution < 1.29 is 21.6 Å². The molecule has 2 rings (SSSR count). The summed E-state index contributed by atoms with van der Waals surface area (Å²) >= 11 is 0. The van der Waals surface area contributed by atoms with E-state index in [2.05, 4.69) is 4.72 Å². The molecule has 0 aliphatic carbocycles. The first-order valence-electron chi connectivity index (χ1n) is 8.06. The molecule has 0 aliphatic rings. The van der Waals surface area contributed by atoms with Crippen molar-refractivity contribution in [3.63, 3.8) is 0 Å². The molecule has 142 valence electrons. The number of nitrogens with two attached hydrogens (primary N) is 1. The molecule has 0 atom stereocenters. The van der Waals surface area contributed by atoms with Gasteiger partial charge in [0.15, 0.2) is 0 Å². The summed E-state index contributed by atoms with van der Waals surface area (Å²) in [5, 5.41) is 5.05. The van der Waals surface area contributed by atoms with Crippen molar-refractivity contribution in [2.75, 3.05) is 13.2 Å². The zero-order chi connectivity index (χ0) is 19.2. The van der Waals surface area contributed by atoms with Gasteiger partial charge in [0.1, 0.15) is 5.75 Å². The maximum Gasteiger partial charge on any atom is 0.240 e. The first kappa shape index (κ1) is 20.4. The Morgan fingerprint density at radius 3 is 2.04 bits per heavy atom. The predicted molar refractivity (Wildman–Crippen MR) is 98.9 cm³/mol. The van der Waals surface area contributed by atoms with E-state index in [4.69, 9.17) is 9.88 Å². The highest BCUT2D eigenvalue weighted by Gasteiger charge is 2.13. The third-order valence-corrected chi connectivity index (χ3v) is 6.04. The lowest BCUT2D eigenvalue weighted by Gasteiger charge is -2.08. The summed E-state index contributed by atoms with van der Waals surface area (Å²) in [6.45, 7) is 2.64. The Kier molecular flexibility index (Phi) is 6.76. The molecule has 0 fully saturated rings. The molecule has 0 radical (unpaired) electrons. The van der Waals surface area contributed by atoms with Crippen molar-refractivity contribution in [3.8, 4) is 5.75 Å². The van der Waals surface area contributed by atoms with Crippen molar-refractivity contribution >= 4 is 20.0 Å². The average Bonchev–Trinajstić information content (AvgIpc) is 2.59. The molecule has 0 bridgehead atoms. The second kappa shape index (κ2) is 8.63. The number of rotatable bonds is 9. The Morgan fingerprint density at radius 2 is 1.50 bits per heavy atom. The van der Waals surface area contributed by atoms with Crippen molar-refractivity contribution in [2.45, 2.75) is 29.6 Å². The van der Waals surface area contributed by atoms with E-state index < -0.39 is 20.0 Å². The Morgan fingerprint density at radius 1 is 0.923 bits per heavy atom. The monoisotopic (exact) mass is 398 g/mol. The third-order valence-electron chi connectivity index (χ3n) is 3.63.